The topological polar surface area (TPSA) is 49.1 Å². The summed E-state index contributed by atoms with van der Waals surface area (Å²) in [6.45, 7) is 3.38. The fourth-order valence-corrected chi connectivity index (χ4v) is 3.14. The number of pyridine rings is 1. The number of halogens is 3. The van der Waals surface area contributed by atoms with Crippen molar-refractivity contribution in [3.63, 3.8) is 0 Å². The van der Waals surface area contributed by atoms with Crippen LogP contribution in [0.5, 0.6) is 0 Å². The third-order valence-corrected chi connectivity index (χ3v) is 4.58. The van der Waals surface area contributed by atoms with Crippen molar-refractivity contribution in [2.75, 3.05) is 24.6 Å². The van der Waals surface area contributed by atoms with Crippen LogP contribution in [-0.4, -0.2) is 24.7 Å². The molecule has 1 fully saturated rings. The van der Waals surface area contributed by atoms with Gasteiger partial charge in [-0.15, -0.1) is 0 Å². The summed E-state index contributed by atoms with van der Waals surface area (Å²) >= 11 is 11.9. The molecule has 1 aliphatic rings. The van der Waals surface area contributed by atoms with Crippen molar-refractivity contribution in [3.8, 4) is 6.07 Å². The molecule has 1 unspecified atom stereocenters. The van der Waals surface area contributed by atoms with Gasteiger partial charge in [0.15, 0.2) is 0 Å². The van der Waals surface area contributed by atoms with Gasteiger partial charge >= 0.3 is 0 Å². The number of rotatable bonds is 2. The maximum Gasteiger partial charge on any atom is 0.145 e. The summed E-state index contributed by atoms with van der Waals surface area (Å²) in [5.41, 5.74) is 1.77. The number of ether oxygens (including phenoxy) is 1. The summed E-state index contributed by atoms with van der Waals surface area (Å²) in [5.74, 6) is 0.160. The Bertz CT molecular complexity index is 822. The van der Waals surface area contributed by atoms with E-state index in [1.54, 1.807) is 0 Å². The highest BCUT2D eigenvalue weighted by Crippen LogP contribution is 2.33. The molecule has 0 spiro atoms. The normalized spacial score (nSPS) is 17.6. The van der Waals surface area contributed by atoms with Crippen molar-refractivity contribution in [2.24, 2.45) is 0 Å². The molecule has 0 amide bonds. The molecule has 0 bridgehead atoms. The first-order valence-corrected chi connectivity index (χ1v) is 8.14. The number of benzene rings is 1. The molecule has 1 saturated heterocycles. The molecule has 0 saturated carbocycles. The Hall–Kier alpha value is -1.87. The number of aryl methyl sites for hydroxylation is 1. The number of anilines is 1. The summed E-state index contributed by atoms with van der Waals surface area (Å²) in [6.07, 6.45) is -0.397. The van der Waals surface area contributed by atoms with E-state index in [4.69, 9.17) is 33.2 Å². The zero-order valence-electron chi connectivity index (χ0n) is 12.9. The van der Waals surface area contributed by atoms with E-state index in [-0.39, 0.29) is 5.02 Å². The van der Waals surface area contributed by atoms with Crippen LogP contribution in [-0.2, 0) is 4.74 Å². The zero-order chi connectivity index (χ0) is 17.3. The smallest absolute Gasteiger partial charge is 0.145 e. The van der Waals surface area contributed by atoms with Crippen LogP contribution in [0.15, 0.2) is 24.3 Å². The molecule has 7 heteroatoms. The first-order valence-electron chi connectivity index (χ1n) is 7.38. The van der Waals surface area contributed by atoms with Gasteiger partial charge in [0.05, 0.1) is 11.6 Å². The van der Waals surface area contributed by atoms with E-state index in [9.17, 15) is 4.39 Å². The second kappa shape index (κ2) is 6.94. The molecule has 124 valence electrons. The molecule has 0 aliphatic carbocycles. The third-order valence-electron chi connectivity index (χ3n) is 3.97. The van der Waals surface area contributed by atoms with Gasteiger partial charge in [-0.25, -0.2) is 9.37 Å². The molecule has 3 rings (SSSR count). The molecule has 0 N–H and O–H groups in total. The average molecular weight is 366 g/mol. The third kappa shape index (κ3) is 3.32. The first kappa shape index (κ1) is 17.0. The number of nitriles is 1. The fourth-order valence-electron chi connectivity index (χ4n) is 2.64. The second-order valence-electron chi connectivity index (χ2n) is 5.54. The molecule has 1 aliphatic heterocycles. The van der Waals surface area contributed by atoms with Gasteiger partial charge in [0.1, 0.15) is 29.5 Å². The molecule has 1 aromatic carbocycles. The Morgan fingerprint density at radius 2 is 2.12 bits per heavy atom. The first-order chi connectivity index (χ1) is 11.5. The summed E-state index contributed by atoms with van der Waals surface area (Å²) in [7, 11) is 0. The monoisotopic (exact) mass is 365 g/mol. The van der Waals surface area contributed by atoms with Crippen LogP contribution >= 0.6 is 23.2 Å². The van der Waals surface area contributed by atoms with E-state index in [0.717, 1.165) is 5.56 Å². The Morgan fingerprint density at radius 3 is 2.88 bits per heavy atom. The van der Waals surface area contributed by atoms with Crippen molar-refractivity contribution < 1.29 is 9.13 Å². The average Bonchev–Trinajstić information content (AvgIpc) is 2.58. The maximum atomic E-state index is 13.8. The molecule has 4 nitrogen and oxygen atoms in total. The quantitative estimate of drug-likeness (QED) is 0.745. The molecule has 2 heterocycles. The van der Waals surface area contributed by atoms with Gasteiger partial charge in [0.25, 0.3) is 0 Å². The van der Waals surface area contributed by atoms with Crippen LogP contribution in [0.3, 0.4) is 0 Å². The van der Waals surface area contributed by atoms with Crippen molar-refractivity contribution in [1.82, 2.24) is 4.98 Å². The van der Waals surface area contributed by atoms with Crippen LogP contribution in [0.2, 0.25) is 10.0 Å². The van der Waals surface area contributed by atoms with E-state index < -0.39 is 11.9 Å². The largest absolute Gasteiger partial charge is 0.370 e. The maximum absolute atomic E-state index is 13.8. The molecular weight excluding hydrogens is 352 g/mol. The predicted octanol–water partition coefficient (Wildman–Crippen LogP) is 4.29. The van der Waals surface area contributed by atoms with Gasteiger partial charge in [-0.1, -0.05) is 29.3 Å². The molecule has 1 aromatic heterocycles. The lowest BCUT2D eigenvalue weighted by Crippen LogP contribution is -2.39. The second-order valence-corrected chi connectivity index (χ2v) is 6.35. The standard InChI is InChI=1S/C17H14Cl2FN3O/c1-10-2-3-17(22-15(10)8-21)23-4-5-24-16(9-23)11-6-14(20)13(19)7-12(11)18/h2-3,6-7,16H,4-5,9H2,1H3. The number of aromatic nitrogens is 1. The van der Waals surface area contributed by atoms with Gasteiger partial charge in [0, 0.05) is 23.7 Å². The number of morpholine rings is 1. The van der Waals surface area contributed by atoms with Gasteiger partial charge in [-0.05, 0) is 30.7 Å². The lowest BCUT2D eigenvalue weighted by molar-refractivity contribution is 0.0394. The number of nitrogens with zero attached hydrogens (tertiary/aromatic N) is 3. The van der Waals surface area contributed by atoms with Crippen molar-refractivity contribution in [2.45, 2.75) is 13.0 Å². The Balaban J connectivity index is 1.88. The van der Waals surface area contributed by atoms with Crippen molar-refractivity contribution >= 4 is 29.0 Å². The molecule has 2 aromatic rings. The lowest BCUT2D eigenvalue weighted by Gasteiger charge is -2.34. The van der Waals surface area contributed by atoms with Crippen LogP contribution in [0, 0.1) is 24.1 Å². The van der Waals surface area contributed by atoms with E-state index in [1.807, 2.05) is 24.0 Å². The minimum atomic E-state index is -0.531. The minimum absolute atomic E-state index is 0.0183. The van der Waals surface area contributed by atoms with Crippen molar-refractivity contribution in [1.29, 1.82) is 5.26 Å². The lowest BCUT2D eigenvalue weighted by atomic mass is 10.1. The van der Waals surface area contributed by atoms with Crippen LogP contribution in [0.25, 0.3) is 0 Å². The summed E-state index contributed by atoms with van der Waals surface area (Å²) in [5, 5.41) is 9.48. The molecule has 24 heavy (non-hydrogen) atoms. The molecule has 1 atom stereocenters. The Labute approximate surface area is 149 Å². The number of hydrogen-bond donors (Lipinski definition) is 0. The van der Waals surface area contributed by atoms with E-state index in [0.29, 0.717) is 41.8 Å². The van der Waals surface area contributed by atoms with E-state index in [2.05, 4.69) is 11.1 Å². The van der Waals surface area contributed by atoms with Crippen LogP contribution in [0.4, 0.5) is 10.2 Å². The highest BCUT2D eigenvalue weighted by molar-refractivity contribution is 6.35. The van der Waals surface area contributed by atoms with Gasteiger partial charge in [-0.3, -0.25) is 0 Å². The Morgan fingerprint density at radius 1 is 1.33 bits per heavy atom. The Kier molecular flexibility index (Phi) is 4.91. The van der Waals surface area contributed by atoms with Crippen LogP contribution < -0.4 is 4.90 Å². The van der Waals surface area contributed by atoms with Gasteiger partial charge < -0.3 is 9.64 Å². The highest BCUT2D eigenvalue weighted by Gasteiger charge is 2.26. The van der Waals surface area contributed by atoms with Crippen molar-refractivity contribution in [3.05, 3.63) is 56.9 Å². The minimum Gasteiger partial charge on any atom is -0.370 e. The summed E-state index contributed by atoms with van der Waals surface area (Å²) in [4.78, 5) is 6.38. The highest BCUT2D eigenvalue weighted by atomic mass is 35.5. The SMILES string of the molecule is Cc1ccc(N2CCOC(c3cc(F)c(Cl)cc3Cl)C2)nc1C#N. The van der Waals surface area contributed by atoms with E-state index in [1.165, 1.54) is 12.1 Å². The fraction of sp³-hybridized carbons (Fsp3) is 0.294. The molecular formula is C17H14Cl2FN3O. The summed E-state index contributed by atoms with van der Waals surface area (Å²) in [6, 6.07) is 8.50. The number of hydrogen-bond acceptors (Lipinski definition) is 4. The zero-order valence-corrected chi connectivity index (χ0v) is 14.4. The van der Waals surface area contributed by atoms with Gasteiger partial charge in [0.2, 0.25) is 0 Å². The summed E-state index contributed by atoms with van der Waals surface area (Å²) < 4.78 is 19.5. The predicted molar refractivity (Wildman–Crippen MR) is 91.0 cm³/mol. The van der Waals surface area contributed by atoms with E-state index >= 15 is 0 Å². The van der Waals surface area contributed by atoms with Crippen LogP contribution in [0.1, 0.15) is 22.9 Å². The van der Waals surface area contributed by atoms with Gasteiger partial charge in [-0.2, -0.15) is 5.26 Å². The molecule has 0 radical (unpaired) electrons.